The van der Waals surface area contributed by atoms with E-state index < -0.39 is 18.3 Å². The molecular weight excluding hydrogens is 334 g/mol. The van der Waals surface area contributed by atoms with Gasteiger partial charge in [0, 0.05) is 13.0 Å². The zero-order valence-corrected chi connectivity index (χ0v) is 14.7. The minimum Gasteiger partial charge on any atom is -0.493 e. The Hall–Kier alpha value is -2.73. The van der Waals surface area contributed by atoms with Crippen molar-refractivity contribution in [2.45, 2.75) is 25.2 Å². The number of para-hydroxylation sites is 2. The highest BCUT2D eigenvalue weighted by molar-refractivity contribution is 5.67. The molecule has 1 heterocycles. The molecule has 0 aliphatic carbocycles. The van der Waals surface area contributed by atoms with Crippen molar-refractivity contribution in [1.82, 2.24) is 4.90 Å². The Bertz CT molecular complexity index is 721. The Kier molecular flexibility index (Phi) is 5.96. The lowest BCUT2D eigenvalue weighted by Gasteiger charge is -2.35. The van der Waals surface area contributed by atoms with Crippen molar-refractivity contribution in [3.63, 3.8) is 0 Å². The van der Waals surface area contributed by atoms with Crippen LogP contribution in [0.2, 0.25) is 0 Å². The Morgan fingerprint density at radius 2 is 1.81 bits per heavy atom. The number of carbonyl (C=O) groups excluding carboxylic acids is 1. The smallest absolute Gasteiger partial charge is 0.410 e. The summed E-state index contributed by atoms with van der Waals surface area (Å²) in [6, 6.07) is 16.8. The largest absolute Gasteiger partial charge is 0.493 e. The lowest BCUT2D eigenvalue weighted by Crippen LogP contribution is -2.51. The SMILES string of the molecule is COc1ccccc1O[C@@H]1CCN(C(=O)OCc2ccccc2)C[C@H]1O. The minimum atomic E-state index is -0.794. The van der Waals surface area contributed by atoms with Crippen LogP contribution in [0.4, 0.5) is 4.79 Å². The van der Waals surface area contributed by atoms with E-state index in [1.807, 2.05) is 42.5 Å². The molecule has 1 fully saturated rings. The second kappa shape index (κ2) is 8.58. The van der Waals surface area contributed by atoms with Gasteiger partial charge in [-0.25, -0.2) is 4.79 Å². The minimum absolute atomic E-state index is 0.174. The molecule has 26 heavy (non-hydrogen) atoms. The van der Waals surface area contributed by atoms with Gasteiger partial charge in [-0.3, -0.25) is 0 Å². The molecule has 0 bridgehead atoms. The summed E-state index contributed by atoms with van der Waals surface area (Å²) >= 11 is 0. The predicted octanol–water partition coefficient (Wildman–Crippen LogP) is 2.85. The molecule has 1 saturated heterocycles. The van der Waals surface area contributed by atoms with Gasteiger partial charge in [0.05, 0.1) is 13.7 Å². The molecule has 2 atom stereocenters. The zero-order chi connectivity index (χ0) is 18.4. The maximum Gasteiger partial charge on any atom is 0.410 e. The topological polar surface area (TPSA) is 68.2 Å². The van der Waals surface area contributed by atoms with Crippen molar-refractivity contribution in [3.8, 4) is 11.5 Å². The van der Waals surface area contributed by atoms with Gasteiger partial charge in [0.1, 0.15) is 18.8 Å². The number of β-amino-alcohol motifs (C(OH)–C–C–N with tert-alkyl or cyclic N) is 1. The normalized spacial score (nSPS) is 19.7. The number of benzene rings is 2. The third-order valence-corrected chi connectivity index (χ3v) is 4.33. The highest BCUT2D eigenvalue weighted by Crippen LogP contribution is 2.29. The third kappa shape index (κ3) is 4.46. The van der Waals surface area contributed by atoms with E-state index in [9.17, 15) is 9.90 Å². The van der Waals surface area contributed by atoms with Gasteiger partial charge in [-0.15, -0.1) is 0 Å². The van der Waals surface area contributed by atoms with Crippen molar-refractivity contribution in [3.05, 3.63) is 60.2 Å². The number of methoxy groups -OCH3 is 1. The van der Waals surface area contributed by atoms with Crippen molar-refractivity contribution >= 4 is 6.09 Å². The Morgan fingerprint density at radius 1 is 1.12 bits per heavy atom. The molecule has 1 N–H and O–H groups in total. The first-order valence-corrected chi connectivity index (χ1v) is 8.60. The van der Waals surface area contributed by atoms with Crippen LogP contribution in [-0.4, -0.2) is 48.5 Å². The first-order chi connectivity index (χ1) is 12.7. The van der Waals surface area contributed by atoms with Crippen molar-refractivity contribution in [2.24, 2.45) is 0 Å². The molecule has 0 saturated carbocycles. The number of aliphatic hydroxyl groups is 1. The number of piperidine rings is 1. The van der Waals surface area contributed by atoms with E-state index in [0.717, 1.165) is 5.56 Å². The van der Waals surface area contributed by atoms with Crippen LogP contribution in [0.5, 0.6) is 11.5 Å². The number of likely N-dealkylation sites (tertiary alicyclic amines) is 1. The maximum atomic E-state index is 12.2. The molecule has 0 aromatic heterocycles. The predicted molar refractivity (Wildman–Crippen MR) is 96.2 cm³/mol. The van der Waals surface area contributed by atoms with Crippen LogP contribution in [-0.2, 0) is 11.3 Å². The molecule has 1 amide bonds. The Balaban J connectivity index is 1.52. The molecular formula is C20H23NO5. The Morgan fingerprint density at radius 3 is 2.50 bits per heavy atom. The van der Waals surface area contributed by atoms with Crippen molar-refractivity contribution < 1.29 is 24.1 Å². The highest BCUT2D eigenvalue weighted by Gasteiger charge is 2.32. The maximum absolute atomic E-state index is 12.2. The number of nitrogens with zero attached hydrogens (tertiary/aromatic N) is 1. The lowest BCUT2D eigenvalue weighted by molar-refractivity contribution is -0.0260. The fourth-order valence-corrected chi connectivity index (χ4v) is 2.90. The molecule has 6 heteroatoms. The summed E-state index contributed by atoms with van der Waals surface area (Å²) in [5.74, 6) is 1.20. The molecule has 1 aliphatic heterocycles. The van der Waals surface area contributed by atoms with Gasteiger partial charge in [0.25, 0.3) is 0 Å². The fraction of sp³-hybridized carbons (Fsp3) is 0.350. The van der Waals surface area contributed by atoms with Gasteiger partial charge >= 0.3 is 6.09 Å². The van der Waals surface area contributed by atoms with Crippen LogP contribution < -0.4 is 9.47 Å². The number of rotatable bonds is 5. The fourth-order valence-electron chi connectivity index (χ4n) is 2.90. The number of amides is 1. The zero-order valence-electron chi connectivity index (χ0n) is 14.7. The van der Waals surface area contributed by atoms with Gasteiger partial charge in [-0.2, -0.15) is 0 Å². The number of carbonyl (C=O) groups is 1. The summed E-state index contributed by atoms with van der Waals surface area (Å²) in [6.07, 6.45) is -1.11. The average molecular weight is 357 g/mol. The van der Waals surface area contributed by atoms with Crippen LogP contribution in [0.15, 0.2) is 54.6 Å². The van der Waals surface area contributed by atoms with Gasteiger partial charge in [0.2, 0.25) is 0 Å². The molecule has 2 aromatic carbocycles. The van der Waals surface area contributed by atoms with Gasteiger partial charge in [0.15, 0.2) is 11.5 Å². The molecule has 0 radical (unpaired) electrons. The molecule has 0 unspecified atom stereocenters. The number of aliphatic hydroxyl groups excluding tert-OH is 1. The number of ether oxygens (including phenoxy) is 3. The standard InChI is InChI=1S/C20H23NO5/c1-24-18-9-5-6-10-19(18)26-17-11-12-21(13-16(17)22)20(23)25-14-15-7-3-2-4-8-15/h2-10,16-17,22H,11-14H2,1H3/t16-,17-/m1/s1. The molecule has 3 rings (SSSR count). The summed E-state index contributed by atoms with van der Waals surface area (Å²) in [5.41, 5.74) is 0.927. The number of hydrogen-bond donors (Lipinski definition) is 1. The van der Waals surface area contributed by atoms with E-state index in [1.54, 1.807) is 19.2 Å². The van der Waals surface area contributed by atoms with Crippen LogP contribution >= 0.6 is 0 Å². The van der Waals surface area contributed by atoms with E-state index in [1.165, 1.54) is 4.90 Å². The summed E-state index contributed by atoms with van der Waals surface area (Å²) in [7, 11) is 1.57. The van der Waals surface area contributed by atoms with Crippen LogP contribution in [0, 0.1) is 0 Å². The van der Waals surface area contributed by atoms with Crippen LogP contribution in [0.25, 0.3) is 0 Å². The molecule has 0 spiro atoms. The van der Waals surface area contributed by atoms with Gasteiger partial charge in [-0.05, 0) is 17.7 Å². The molecule has 138 valence electrons. The monoisotopic (exact) mass is 357 g/mol. The van der Waals surface area contributed by atoms with Gasteiger partial charge in [-0.1, -0.05) is 42.5 Å². The molecule has 2 aromatic rings. The second-order valence-electron chi connectivity index (χ2n) is 6.15. The third-order valence-electron chi connectivity index (χ3n) is 4.33. The quantitative estimate of drug-likeness (QED) is 0.891. The van der Waals surface area contributed by atoms with E-state index in [2.05, 4.69) is 0 Å². The summed E-state index contributed by atoms with van der Waals surface area (Å²) in [4.78, 5) is 13.7. The van der Waals surface area contributed by atoms with Crippen LogP contribution in [0.3, 0.4) is 0 Å². The lowest BCUT2D eigenvalue weighted by atomic mass is 10.1. The summed E-state index contributed by atoms with van der Waals surface area (Å²) in [6.45, 7) is 0.853. The van der Waals surface area contributed by atoms with Crippen molar-refractivity contribution in [2.75, 3.05) is 20.2 Å². The highest BCUT2D eigenvalue weighted by atomic mass is 16.6. The number of hydrogen-bond acceptors (Lipinski definition) is 5. The summed E-state index contributed by atoms with van der Waals surface area (Å²) < 4.78 is 16.5. The van der Waals surface area contributed by atoms with Gasteiger partial charge < -0.3 is 24.2 Å². The van der Waals surface area contributed by atoms with E-state index >= 15 is 0 Å². The van der Waals surface area contributed by atoms with Crippen molar-refractivity contribution in [1.29, 1.82) is 0 Å². The molecule has 6 nitrogen and oxygen atoms in total. The van der Waals surface area contributed by atoms with E-state index in [4.69, 9.17) is 14.2 Å². The van der Waals surface area contributed by atoms with Crippen LogP contribution in [0.1, 0.15) is 12.0 Å². The molecule has 1 aliphatic rings. The first kappa shape index (κ1) is 18.1. The van der Waals surface area contributed by atoms with E-state index in [0.29, 0.717) is 24.5 Å². The first-order valence-electron chi connectivity index (χ1n) is 8.60. The average Bonchev–Trinajstić information content (AvgIpc) is 2.69. The van der Waals surface area contributed by atoms with E-state index in [-0.39, 0.29) is 13.2 Å². The second-order valence-corrected chi connectivity index (χ2v) is 6.15. The Labute approximate surface area is 152 Å². The summed E-state index contributed by atoms with van der Waals surface area (Å²) in [5, 5.41) is 10.4.